The van der Waals surface area contributed by atoms with Crippen LogP contribution in [0, 0.1) is 0 Å². The number of rotatable bonds is 18. The van der Waals surface area contributed by atoms with E-state index in [4.69, 9.17) is 23.7 Å². The fourth-order valence-corrected chi connectivity index (χ4v) is 10.3. The van der Waals surface area contributed by atoms with E-state index >= 15 is 9.59 Å². The zero-order valence-corrected chi connectivity index (χ0v) is 37.9. The van der Waals surface area contributed by atoms with Crippen molar-refractivity contribution >= 4 is 23.1 Å². The molecule has 29 heteroatoms. The van der Waals surface area contributed by atoms with Crippen LogP contribution in [0.25, 0.3) is 0 Å². The summed E-state index contributed by atoms with van der Waals surface area (Å²) < 4.78 is 29.1. The summed E-state index contributed by atoms with van der Waals surface area (Å²) in [5, 5.41) is 232. The molecule has 4 saturated heterocycles. The normalized spacial score (nSPS) is 43.9. The largest absolute Gasteiger partial charge is 0.394 e. The molecule has 0 aliphatic carbocycles. The summed E-state index contributed by atoms with van der Waals surface area (Å²) in [7, 11) is 0. The summed E-state index contributed by atoms with van der Waals surface area (Å²) in [6, 6.07) is 10.2. The maximum absolute atomic E-state index is 15.2. The first kappa shape index (κ1) is 58.4. The molecule has 4 heterocycles. The van der Waals surface area contributed by atoms with E-state index in [1.807, 2.05) is 0 Å². The average molecular weight is 1050 g/mol. The number of hydrogen-bond acceptors (Lipinski definition) is 29. The van der Waals surface area contributed by atoms with Crippen LogP contribution in [-0.4, -0.2) is 285 Å². The number of ether oxygens (including phenoxy) is 5. The van der Waals surface area contributed by atoms with Crippen LogP contribution in [0.3, 0.4) is 0 Å². The first-order valence-corrected chi connectivity index (χ1v) is 22.2. The van der Waals surface area contributed by atoms with Crippen molar-refractivity contribution in [3.63, 3.8) is 0 Å². The van der Waals surface area contributed by atoms with Gasteiger partial charge >= 0.3 is 0 Å². The molecule has 0 bridgehead atoms. The topological polar surface area (TPSA) is 519 Å². The van der Waals surface area contributed by atoms with Crippen molar-refractivity contribution < 1.29 is 145 Å². The van der Waals surface area contributed by atoms with E-state index in [-0.39, 0.29) is 0 Å². The molecule has 408 valence electrons. The molecule has 0 saturated carbocycles. The standard InChI is InChI=1S/C44H58O29/c45-11-19(51)25(55)33-29(59)27(57)31(61)37(69-33)41(67)39(65,17-7-3-1-4-8-17)35(63)21(13-47)71-43(41,23(53)15-49)73-44(24(54)16-50)42(68,38-32(62)28(58)30(60)34(70-38)26(56)20(52)12-46)40(66,18-9-5-2-6-10-18)36(64)22(14-48)72-44/h1-10,21-22,25-38,45-50,55-68H,11-16H2/t21-,22-,25?,26?,27+,28+,29+,30+,31-,32-,33-,34-,35-,36-,37?,38?,39+,40+,41-,42-,43?,44?/m1/s1. The fourth-order valence-electron chi connectivity index (χ4n) is 10.3. The Morgan fingerprint density at radius 3 is 1.07 bits per heavy atom. The molecule has 2 aromatic rings. The lowest BCUT2D eigenvalue weighted by molar-refractivity contribution is -0.512. The highest BCUT2D eigenvalue weighted by atomic mass is 16.8. The molecule has 6 unspecified atom stereocenters. The molecule has 22 atom stereocenters. The van der Waals surface area contributed by atoms with E-state index in [2.05, 4.69) is 0 Å². The molecular weight excluding hydrogens is 992 g/mol. The Labute approximate surface area is 410 Å². The van der Waals surface area contributed by atoms with Gasteiger partial charge in [0.15, 0.2) is 34.0 Å². The van der Waals surface area contributed by atoms with Gasteiger partial charge in [-0.3, -0.25) is 23.9 Å². The van der Waals surface area contributed by atoms with Gasteiger partial charge < -0.3 is 121 Å². The summed E-state index contributed by atoms with van der Waals surface area (Å²) >= 11 is 0. The first-order chi connectivity index (χ1) is 34.2. The average Bonchev–Trinajstić information content (AvgIpc) is 3.41. The third-order valence-corrected chi connectivity index (χ3v) is 14.2. The molecule has 4 fully saturated rings. The van der Waals surface area contributed by atoms with Gasteiger partial charge in [0, 0.05) is 0 Å². The van der Waals surface area contributed by atoms with Gasteiger partial charge in [-0.2, -0.15) is 0 Å². The number of carbonyl (C=O) groups excluding carboxylic acids is 4. The molecule has 20 N–H and O–H groups in total. The summed E-state index contributed by atoms with van der Waals surface area (Å²) in [6.07, 6.45) is -46.4. The Morgan fingerprint density at radius 2 is 0.795 bits per heavy atom. The minimum absolute atomic E-state index is 0.844. The van der Waals surface area contributed by atoms with Crippen molar-refractivity contribution in [2.75, 3.05) is 39.6 Å². The quantitative estimate of drug-likeness (QED) is 0.0659. The molecule has 4 aliphatic rings. The van der Waals surface area contributed by atoms with Crippen LogP contribution < -0.4 is 0 Å². The minimum Gasteiger partial charge on any atom is -0.394 e. The van der Waals surface area contributed by atoms with Gasteiger partial charge in [0.1, 0.15) is 124 Å². The van der Waals surface area contributed by atoms with E-state index in [0.29, 0.717) is 0 Å². The SMILES string of the molecule is O=C(CO)C(O)[C@H]1OC([C@]2(O)C(OC3(C(=O)CO)O[C@H](CO)[C@@H](O)[C@@](O)(c4ccccc4)[C@]3(O)C3O[C@H](C(O)C(=O)CO)[C@@H](O)[C@H](O)[C@H]3O)(C(=O)CO)O[C@H](CO)[C@@H](O)[C@@]2(O)c2ccccc2)[C@H](O)[C@@H](O)[C@@H]1O. The zero-order chi connectivity index (χ0) is 54.6. The van der Waals surface area contributed by atoms with Crippen LogP contribution in [0.4, 0.5) is 0 Å². The number of hydrogen-bond donors (Lipinski definition) is 20. The third-order valence-electron chi connectivity index (χ3n) is 14.2. The highest BCUT2D eigenvalue weighted by molar-refractivity contribution is 5.93. The van der Waals surface area contributed by atoms with Crippen LogP contribution in [0.1, 0.15) is 11.1 Å². The molecule has 0 amide bonds. The van der Waals surface area contributed by atoms with E-state index in [1.165, 1.54) is 12.1 Å². The molecule has 0 radical (unpaired) electrons. The number of carbonyl (C=O) groups is 4. The molecule has 73 heavy (non-hydrogen) atoms. The maximum atomic E-state index is 15.2. The van der Waals surface area contributed by atoms with Crippen LogP contribution in [0.5, 0.6) is 0 Å². The lowest BCUT2D eigenvalue weighted by Crippen LogP contribution is -2.92. The van der Waals surface area contributed by atoms with Gasteiger partial charge in [0.25, 0.3) is 11.6 Å². The Bertz CT molecular complexity index is 2120. The lowest BCUT2D eigenvalue weighted by Gasteiger charge is -2.67. The molecular formula is C44H58O29. The van der Waals surface area contributed by atoms with Gasteiger partial charge in [0.05, 0.1) is 13.2 Å². The Kier molecular flexibility index (Phi) is 17.3. The van der Waals surface area contributed by atoms with E-state index in [1.54, 1.807) is 0 Å². The molecule has 4 aliphatic heterocycles. The van der Waals surface area contributed by atoms with Gasteiger partial charge in [0.2, 0.25) is 11.6 Å². The summed E-state index contributed by atoms with van der Waals surface area (Å²) in [4.78, 5) is 55.8. The Hall–Kier alpha value is -3.88. The number of aliphatic hydroxyl groups excluding tert-OH is 16. The summed E-state index contributed by atoms with van der Waals surface area (Å²) in [6.45, 7) is -10.8. The molecule has 0 spiro atoms. The van der Waals surface area contributed by atoms with E-state index in [0.717, 1.165) is 48.5 Å². The second-order valence-electron chi connectivity index (χ2n) is 18.0. The predicted octanol–water partition coefficient (Wildman–Crippen LogP) is -12.2. The summed E-state index contributed by atoms with van der Waals surface area (Å²) in [5.41, 5.74) is -19.3. The second-order valence-corrected chi connectivity index (χ2v) is 18.0. The third kappa shape index (κ3) is 8.42. The van der Waals surface area contributed by atoms with Gasteiger partial charge in [-0.15, -0.1) is 0 Å². The van der Waals surface area contributed by atoms with Crippen LogP contribution in [-0.2, 0) is 54.1 Å². The fraction of sp³-hybridized carbons (Fsp3) is 0.636. The number of aliphatic hydroxyl groups is 20. The highest BCUT2D eigenvalue weighted by Gasteiger charge is 2.87. The monoisotopic (exact) mass is 1050 g/mol. The molecule has 6 rings (SSSR count). The van der Waals surface area contributed by atoms with Gasteiger partial charge in [-0.1, -0.05) is 60.7 Å². The lowest BCUT2D eigenvalue weighted by atomic mass is 9.59. The van der Waals surface area contributed by atoms with Crippen molar-refractivity contribution in [2.45, 2.75) is 132 Å². The number of ketones is 4. The molecule has 0 aromatic heterocycles. The second kappa shape index (κ2) is 21.6. The van der Waals surface area contributed by atoms with Gasteiger partial charge in [-0.05, 0) is 11.1 Å². The van der Waals surface area contributed by atoms with Crippen molar-refractivity contribution in [3.8, 4) is 0 Å². The van der Waals surface area contributed by atoms with Gasteiger partial charge in [-0.25, -0.2) is 0 Å². The van der Waals surface area contributed by atoms with Crippen molar-refractivity contribution in [1.29, 1.82) is 0 Å². The summed E-state index contributed by atoms with van der Waals surface area (Å²) in [5.74, 6) is -17.5. The zero-order valence-electron chi connectivity index (χ0n) is 37.9. The minimum atomic E-state index is -4.77. The van der Waals surface area contributed by atoms with Crippen LogP contribution in [0.15, 0.2) is 60.7 Å². The van der Waals surface area contributed by atoms with Crippen LogP contribution >= 0.6 is 0 Å². The predicted molar refractivity (Wildman–Crippen MR) is 227 cm³/mol. The van der Waals surface area contributed by atoms with E-state index < -0.39 is 206 Å². The molecule has 29 nitrogen and oxygen atoms in total. The number of benzene rings is 2. The highest BCUT2D eigenvalue weighted by Crippen LogP contribution is 2.61. The molecule has 2 aromatic carbocycles. The van der Waals surface area contributed by atoms with E-state index in [9.17, 15) is 112 Å². The first-order valence-electron chi connectivity index (χ1n) is 22.2. The van der Waals surface area contributed by atoms with Crippen molar-refractivity contribution in [3.05, 3.63) is 71.8 Å². The maximum Gasteiger partial charge on any atom is 0.270 e. The van der Waals surface area contributed by atoms with Crippen molar-refractivity contribution in [1.82, 2.24) is 0 Å². The van der Waals surface area contributed by atoms with Crippen LogP contribution in [0.2, 0.25) is 0 Å². The smallest absolute Gasteiger partial charge is 0.270 e. The Morgan fingerprint density at radius 1 is 0.479 bits per heavy atom. The Balaban J connectivity index is 1.84. The van der Waals surface area contributed by atoms with Crippen molar-refractivity contribution in [2.24, 2.45) is 0 Å². The number of Topliss-reactive ketones (excluding diaryl/α,β-unsaturated/α-hetero) is 4.